The van der Waals surface area contributed by atoms with Crippen LogP contribution in [0.15, 0.2) is 42.5 Å². The fourth-order valence-electron chi connectivity index (χ4n) is 4.77. The lowest BCUT2D eigenvalue weighted by Gasteiger charge is -2.32. The fraction of sp³-hybridized carbons (Fsp3) is 0.500. The zero-order valence-corrected chi connectivity index (χ0v) is 22.3. The molecule has 3 aromatic rings. The van der Waals surface area contributed by atoms with Gasteiger partial charge in [0.2, 0.25) is 0 Å². The molecule has 0 saturated carbocycles. The lowest BCUT2D eigenvalue weighted by atomic mass is 9.78. The Morgan fingerprint density at radius 3 is 2.33 bits per heavy atom. The molecule has 36 heavy (non-hydrogen) atoms. The summed E-state index contributed by atoms with van der Waals surface area (Å²) in [5.74, 6) is 0.807. The minimum Gasteiger partial charge on any atom is -0.444 e. The molecule has 1 amide bonds. The standard InChI is InChI=1S/C28H36BN3O4/c1-26(2,3)34-25(33)32-16-8-9-23(32)24-30-21-15-12-19(17-22(21)31-24)18-10-13-20(14-11-18)29-35-27(4,5)28(6,7)36-29/h10-15,17,23H,8-9,16H2,1-7H3,(H,30,31)/t23-/m0/s1. The van der Waals surface area contributed by atoms with E-state index in [2.05, 4.69) is 69.1 Å². The number of rotatable bonds is 3. The highest BCUT2D eigenvalue weighted by Gasteiger charge is 2.51. The highest BCUT2D eigenvalue weighted by atomic mass is 16.7. The lowest BCUT2D eigenvalue weighted by molar-refractivity contribution is 0.00578. The molecule has 1 N–H and O–H groups in total. The van der Waals surface area contributed by atoms with Crippen molar-refractivity contribution >= 4 is 29.7 Å². The minimum atomic E-state index is -0.523. The number of ether oxygens (including phenoxy) is 1. The maximum atomic E-state index is 12.7. The summed E-state index contributed by atoms with van der Waals surface area (Å²) in [5.41, 5.74) is 3.79. The molecule has 2 aliphatic heterocycles. The number of hydrogen-bond acceptors (Lipinski definition) is 5. The lowest BCUT2D eigenvalue weighted by Crippen LogP contribution is -2.41. The molecular formula is C28H36BN3O4. The third-order valence-electron chi connectivity index (χ3n) is 7.47. The van der Waals surface area contributed by atoms with E-state index in [1.807, 2.05) is 26.8 Å². The van der Waals surface area contributed by atoms with E-state index in [-0.39, 0.29) is 30.5 Å². The van der Waals surface area contributed by atoms with Crippen LogP contribution in [0.2, 0.25) is 0 Å². The molecule has 2 fully saturated rings. The van der Waals surface area contributed by atoms with Crippen molar-refractivity contribution in [2.75, 3.05) is 6.54 Å². The van der Waals surface area contributed by atoms with Crippen LogP contribution in [-0.4, -0.2) is 51.4 Å². The van der Waals surface area contributed by atoms with Gasteiger partial charge in [-0.15, -0.1) is 0 Å². The van der Waals surface area contributed by atoms with Gasteiger partial charge in [0, 0.05) is 6.54 Å². The third-order valence-corrected chi connectivity index (χ3v) is 7.47. The van der Waals surface area contributed by atoms with Crippen molar-refractivity contribution in [1.29, 1.82) is 0 Å². The Hall–Kier alpha value is -2.84. The molecule has 3 heterocycles. The Morgan fingerprint density at radius 2 is 1.69 bits per heavy atom. The quantitative estimate of drug-likeness (QED) is 0.485. The number of hydrogen-bond donors (Lipinski definition) is 1. The molecule has 0 spiro atoms. The van der Waals surface area contributed by atoms with Crippen LogP contribution in [0.4, 0.5) is 4.79 Å². The molecule has 0 bridgehead atoms. The predicted molar refractivity (Wildman–Crippen MR) is 142 cm³/mol. The number of carbonyl (C=O) groups is 1. The van der Waals surface area contributed by atoms with Crippen molar-refractivity contribution in [3.63, 3.8) is 0 Å². The highest BCUT2D eigenvalue weighted by Crippen LogP contribution is 2.37. The number of H-pyrrole nitrogens is 1. The van der Waals surface area contributed by atoms with Crippen LogP contribution >= 0.6 is 0 Å². The molecule has 5 rings (SSSR count). The number of nitrogens with one attached hydrogen (secondary N) is 1. The Labute approximate surface area is 213 Å². The molecule has 0 radical (unpaired) electrons. The van der Waals surface area contributed by atoms with Crippen molar-refractivity contribution in [1.82, 2.24) is 14.9 Å². The zero-order valence-electron chi connectivity index (χ0n) is 22.3. The largest absolute Gasteiger partial charge is 0.494 e. The fourth-order valence-corrected chi connectivity index (χ4v) is 4.77. The Kier molecular flexibility index (Phi) is 5.96. The summed E-state index contributed by atoms with van der Waals surface area (Å²) in [4.78, 5) is 22.8. The van der Waals surface area contributed by atoms with Gasteiger partial charge in [-0.25, -0.2) is 9.78 Å². The van der Waals surface area contributed by atoms with Gasteiger partial charge in [-0.1, -0.05) is 30.3 Å². The highest BCUT2D eigenvalue weighted by molar-refractivity contribution is 6.62. The Morgan fingerprint density at radius 1 is 1.06 bits per heavy atom. The average Bonchev–Trinajstić information content (AvgIpc) is 3.48. The van der Waals surface area contributed by atoms with Crippen molar-refractivity contribution in [2.45, 2.75) is 84.2 Å². The Balaban J connectivity index is 1.35. The maximum absolute atomic E-state index is 12.7. The number of likely N-dealkylation sites (tertiary alicyclic amines) is 1. The molecule has 2 aliphatic rings. The van der Waals surface area contributed by atoms with Crippen LogP contribution in [0.1, 0.15) is 73.2 Å². The van der Waals surface area contributed by atoms with Crippen molar-refractivity contribution in [3.05, 3.63) is 48.3 Å². The first kappa shape index (κ1) is 24.8. The number of aromatic nitrogens is 2. The van der Waals surface area contributed by atoms with Crippen molar-refractivity contribution in [3.8, 4) is 11.1 Å². The van der Waals surface area contributed by atoms with Gasteiger partial charge in [0.25, 0.3) is 0 Å². The van der Waals surface area contributed by atoms with Gasteiger partial charge in [0.1, 0.15) is 11.4 Å². The molecule has 0 unspecified atom stereocenters. The van der Waals surface area contributed by atoms with E-state index in [4.69, 9.17) is 19.0 Å². The third kappa shape index (κ3) is 4.64. The van der Waals surface area contributed by atoms with Crippen molar-refractivity contribution < 1.29 is 18.8 Å². The van der Waals surface area contributed by atoms with Crippen molar-refractivity contribution in [2.24, 2.45) is 0 Å². The second-order valence-corrected chi connectivity index (χ2v) is 11.9. The second-order valence-electron chi connectivity index (χ2n) is 11.9. The number of nitrogens with zero attached hydrogens (tertiary/aromatic N) is 2. The SMILES string of the molecule is CC(C)(C)OC(=O)N1CCC[C@H]1c1nc2ccc(-c3ccc(B4OC(C)(C)C(C)(C)O4)cc3)cc2[nH]1. The van der Waals surface area contributed by atoms with Crippen LogP contribution in [0, 0.1) is 0 Å². The first-order valence-electron chi connectivity index (χ1n) is 12.8. The zero-order chi connectivity index (χ0) is 25.9. The number of imidazole rings is 1. The smallest absolute Gasteiger partial charge is 0.444 e. The summed E-state index contributed by atoms with van der Waals surface area (Å²) in [6.45, 7) is 14.6. The molecule has 1 atom stereocenters. The normalized spacial score (nSPS) is 21.4. The van der Waals surface area contributed by atoms with Gasteiger partial charge in [0.05, 0.1) is 28.3 Å². The van der Waals surface area contributed by atoms with E-state index in [0.717, 1.165) is 46.3 Å². The minimum absolute atomic E-state index is 0.102. The van der Waals surface area contributed by atoms with Gasteiger partial charge < -0.3 is 19.0 Å². The summed E-state index contributed by atoms with van der Waals surface area (Å²) in [6, 6.07) is 14.4. The van der Waals surface area contributed by atoms with Gasteiger partial charge in [-0.3, -0.25) is 4.90 Å². The Bertz CT molecular complexity index is 1260. The number of fused-ring (bicyclic) bond motifs is 1. The van der Waals surface area contributed by atoms with Crippen LogP contribution in [-0.2, 0) is 14.0 Å². The molecular weight excluding hydrogens is 453 g/mol. The first-order valence-corrected chi connectivity index (χ1v) is 12.8. The number of carbonyl (C=O) groups excluding carboxylic acids is 1. The molecule has 7 nitrogen and oxygen atoms in total. The number of amides is 1. The summed E-state index contributed by atoms with van der Waals surface area (Å²) in [7, 11) is -0.374. The van der Waals surface area contributed by atoms with E-state index in [9.17, 15) is 4.79 Å². The predicted octanol–water partition coefficient (Wildman–Crippen LogP) is 5.60. The summed E-state index contributed by atoms with van der Waals surface area (Å²) >= 11 is 0. The monoisotopic (exact) mass is 489 g/mol. The first-order chi connectivity index (χ1) is 16.8. The maximum Gasteiger partial charge on any atom is 0.494 e. The number of aromatic amines is 1. The molecule has 2 saturated heterocycles. The second kappa shape index (κ2) is 8.63. The van der Waals surface area contributed by atoms with E-state index in [0.29, 0.717) is 6.54 Å². The molecule has 8 heteroatoms. The molecule has 190 valence electrons. The van der Waals surface area contributed by atoms with Gasteiger partial charge in [-0.05, 0) is 90.0 Å². The van der Waals surface area contributed by atoms with Gasteiger partial charge in [-0.2, -0.15) is 0 Å². The van der Waals surface area contributed by atoms with E-state index in [1.54, 1.807) is 4.90 Å². The van der Waals surface area contributed by atoms with Crippen LogP contribution < -0.4 is 5.46 Å². The average molecular weight is 489 g/mol. The van der Waals surface area contributed by atoms with E-state index in [1.165, 1.54) is 0 Å². The summed E-state index contributed by atoms with van der Waals surface area (Å²) in [5, 5.41) is 0. The topological polar surface area (TPSA) is 76.7 Å². The number of benzene rings is 2. The van der Waals surface area contributed by atoms with E-state index < -0.39 is 5.60 Å². The summed E-state index contributed by atoms with van der Waals surface area (Å²) in [6.07, 6.45) is 1.52. The van der Waals surface area contributed by atoms with Gasteiger partial charge in [0.15, 0.2) is 0 Å². The molecule has 1 aromatic heterocycles. The van der Waals surface area contributed by atoms with Crippen LogP contribution in [0.25, 0.3) is 22.2 Å². The molecule has 2 aromatic carbocycles. The van der Waals surface area contributed by atoms with E-state index >= 15 is 0 Å². The molecule has 0 aliphatic carbocycles. The van der Waals surface area contributed by atoms with Crippen LogP contribution in [0.3, 0.4) is 0 Å². The van der Waals surface area contributed by atoms with Crippen LogP contribution in [0.5, 0.6) is 0 Å². The van der Waals surface area contributed by atoms with Gasteiger partial charge >= 0.3 is 13.2 Å². The summed E-state index contributed by atoms with van der Waals surface area (Å²) < 4.78 is 18.0.